The van der Waals surface area contributed by atoms with E-state index in [0.29, 0.717) is 6.42 Å². The number of benzene rings is 1. The summed E-state index contributed by atoms with van der Waals surface area (Å²) in [5.41, 5.74) is 6.88. The number of rotatable bonds is 4. The van der Waals surface area contributed by atoms with Gasteiger partial charge in [-0.2, -0.15) is 0 Å². The predicted molar refractivity (Wildman–Crippen MR) is 67.1 cm³/mol. The molecule has 1 aromatic rings. The lowest BCUT2D eigenvalue weighted by molar-refractivity contribution is -0.126. The molecule has 2 N–H and O–H groups in total. The first-order chi connectivity index (χ1) is 7.41. The topological polar surface area (TPSA) is 43.1 Å². The lowest BCUT2D eigenvalue weighted by Gasteiger charge is -2.18. The largest absolute Gasteiger partial charge is 0.324 e. The molecule has 0 spiro atoms. The summed E-state index contributed by atoms with van der Waals surface area (Å²) in [6, 6.07) is 9.89. The second-order valence-electron chi connectivity index (χ2n) is 5.23. The number of hydrogen-bond acceptors (Lipinski definition) is 2. The third-order valence-corrected chi connectivity index (χ3v) is 2.75. The van der Waals surface area contributed by atoms with Gasteiger partial charge in [-0.15, -0.1) is 0 Å². The molecule has 1 unspecified atom stereocenters. The summed E-state index contributed by atoms with van der Waals surface area (Å²) in [5.74, 6) is 0.277. The summed E-state index contributed by atoms with van der Waals surface area (Å²) >= 11 is 0. The van der Waals surface area contributed by atoms with Crippen LogP contribution in [0.5, 0.6) is 0 Å². The molecule has 2 nitrogen and oxygen atoms in total. The molecule has 1 rings (SSSR count). The molecule has 0 aliphatic heterocycles. The van der Waals surface area contributed by atoms with Crippen molar-refractivity contribution in [3.8, 4) is 0 Å². The first-order valence-corrected chi connectivity index (χ1v) is 5.75. The van der Waals surface area contributed by atoms with Crippen molar-refractivity contribution in [3.05, 3.63) is 35.9 Å². The average Bonchev–Trinajstić information content (AvgIpc) is 2.25. The molecule has 0 aliphatic carbocycles. The van der Waals surface area contributed by atoms with Gasteiger partial charge in [0.25, 0.3) is 0 Å². The fourth-order valence-corrected chi connectivity index (χ4v) is 1.53. The van der Waals surface area contributed by atoms with Crippen molar-refractivity contribution in [3.63, 3.8) is 0 Å². The quantitative estimate of drug-likeness (QED) is 0.845. The maximum atomic E-state index is 11.7. The number of nitrogens with two attached hydrogens (primary N) is 1. The molecule has 0 amide bonds. The summed E-state index contributed by atoms with van der Waals surface area (Å²) in [4.78, 5) is 11.7. The average molecular weight is 219 g/mol. The monoisotopic (exact) mass is 219 g/mol. The highest BCUT2D eigenvalue weighted by Crippen LogP contribution is 2.21. The van der Waals surface area contributed by atoms with Gasteiger partial charge in [-0.05, 0) is 12.0 Å². The third kappa shape index (κ3) is 3.78. The molecule has 0 fully saturated rings. The SMILES string of the molecule is CC(C)(C)C(=O)CCC(N)c1ccccc1. The Morgan fingerprint density at radius 2 is 1.81 bits per heavy atom. The molecular weight excluding hydrogens is 198 g/mol. The molecule has 1 aromatic carbocycles. The number of carbonyl (C=O) groups is 1. The van der Waals surface area contributed by atoms with Crippen LogP contribution in [0.4, 0.5) is 0 Å². The molecule has 0 saturated heterocycles. The number of hydrogen-bond donors (Lipinski definition) is 1. The number of ketones is 1. The van der Waals surface area contributed by atoms with Crippen LogP contribution in [0.25, 0.3) is 0 Å². The van der Waals surface area contributed by atoms with Crippen molar-refractivity contribution in [2.75, 3.05) is 0 Å². The van der Waals surface area contributed by atoms with E-state index in [1.807, 2.05) is 51.1 Å². The zero-order valence-corrected chi connectivity index (χ0v) is 10.4. The van der Waals surface area contributed by atoms with Crippen LogP contribution in [-0.2, 0) is 4.79 Å². The van der Waals surface area contributed by atoms with Gasteiger partial charge in [0, 0.05) is 17.9 Å². The summed E-state index contributed by atoms with van der Waals surface area (Å²) in [6.45, 7) is 5.84. The molecule has 2 heteroatoms. The van der Waals surface area contributed by atoms with Crippen LogP contribution < -0.4 is 5.73 Å². The first-order valence-electron chi connectivity index (χ1n) is 5.75. The van der Waals surface area contributed by atoms with E-state index >= 15 is 0 Å². The van der Waals surface area contributed by atoms with Crippen LogP contribution in [0.15, 0.2) is 30.3 Å². The standard InChI is InChI=1S/C14H21NO/c1-14(2,3)13(16)10-9-12(15)11-7-5-4-6-8-11/h4-8,12H,9-10,15H2,1-3H3. The van der Waals surface area contributed by atoms with E-state index in [0.717, 1.165) is 12.0 Å². The van der Waals surface area contributed by atoms with Crippen LogP contribution in [0.3, 0.4) is 0 Å². The van der Waals surface area contributed by atoms with Gasteiger partial charge in [0.2, 0.25) is 0 Å². The summed E-state index contributed by atoms with van der Waals surface area (Å²) in [5, 5.41) is 0. The van der Waals surface area contributed by atoms with Crippen molar-refractivity contribution < 1.29 is 4.79 Å². The fourth-order valence-electron chi connectivity index (χ4n) is 1.53. The highest BCUT2D eigenvalue weighted by molar-refractivity contribution is 5.83. The fraction of sp³-hybridized carbons (Fsp3) is 0.500. The van der Waals surface area contributed by atoms with Gasteiger partial charge in [0.05, 0.1) is 0 Å². The Kier molecular flexibility index (Phi) is 4.25. The molecule has 0 heterocycles. The van der Waals surface area contributed by atoms with Crippen LogP contribution in [0.1, 0.15) is 45.2 Å². The smallest absolute Gasteiger partial charge is 0.138 e. The van der Waals surface area contributed by atoms with E-state index in [9.17, 15) is 4.79 Å². The van der Waals surface area contributed by atoms with Gasteiger partial charge in [-0.1, -0.05) is 51.1 Å². The maximum absolute atomic E-state index is 11.7. The van der Waals surface area contributed by atoms with Crippen molar-refractivity contribution in [2.45, 2.75) is 39.7 Å². The Morgan fingerprint density at radius 1 is 1.25 bits per heavy atom. The minimum Gasteiger partial charge on any atom is -0.324 e. The van der Waals surface area contributed by atoms with E-state index in [2.05, 4.69) is 0 Å². The first kappa shape index (κ1) is 12.9. The van der Waals surface area contributed by atoms with Crippen molar-refractivity contribution in [2.24, 2.45) is 11.1 Å². The lowest BCUT2D eigenvalue weighted by atomic mass is 9.87. The Morgan fingerprint density at radius 3 is 2.31 bits per heavy atom. The number of Topliss-reactive ketones (excluding diaryl/α,β-unsaturated/α-hetero) is 1. The van der Waals surface area contributed by atoms with Gasteiger partial charge in [0.1, 0.15) is 5.78 Å². The van der Waals surface area contributed by atoms with Gasteiger partial charge >= 0.3 is 0 Å². The Hall–Kier alpha value is -1.15. The van der Waals surface area contributed by atoms with Crippen LogP contribution >= 0.6 is 0 Å². The van der Waals surface area contributed by atoms with E-state index < -0.39 is 0 Å². The van der Waals surface area contributed by atoms with Crippen LogP contribution in [0, 0.1) is 5.41 Å². The Labute approximate surface area is 97.9 Å². The van der Waals surface area contributed by atoms with Crippen molar-refractivity contribution >= 4 is 5.78 Å². The van der Waals surface area contributed by atoms with Gasteiger partial charge in [0.15, 0.2) is 0 Å². The minimum atomic E-state index is -0.254. The second kappa shape index (κ2) is 5.26. The highest BCUT2D eigenvalue weighted by Gasteiger charge is 2.21. The van der Waals surface area contributed by atoms with E-state index in [1.54, 1.807) is 0 Å². The molecule has 0 aromatic heterocycles. The summed E-state index contributed by atoms with van der Waals surface area (Å²) < 4.78 is 0. The van der Waals surface area contributed by atoms with E-state index in [4.69, 9.17) is 5.73 Å². The summed E-state index contributed by atoms with van der Waals surface area (Å²) in [7, 11) is 0. The normalized spacial score (nSPS) is 13.5. The third-order valence-electron chi connectivity index (χ3n) is 2.75. The Balaban J connectivity index is 2.48. The van der Waals surface area contributed by atoms with E-state index in [-0.39, 0.29) is 17.2 Å². The van der Waals surface area contributed by atoms with Crippen molar-refractivity contribution in [1.82, 2.24) is 0 Å². The molecule has 0 radical (unpaired) electrons. The molecule has 0 saturated carbocycles. The number of carbonyl (C=O) groups excluding carboxylic acids is 1. The van der Waals surface area contributed by atoms with Crippen LogP contribution in [-0.4, -0.2) is 5.78 Å². The van der Waals surface area contributed by atoms with Gasteiger partial charge < -0.3 is 5.73 Å². The predicted octanol–water partition coefficient (Wildman–Crippen LogP) is 3.08. The molecule has 0 bridgehead atoms. The maximum Gasteiger partial charge on any atom is 0.138 e. The zero-order valence-electron chi connectivity index (χ0n) is 10.4. The molecule has 16 heavy (non-hydrogen) atoms. The van der Waals surface area contributed by atoms with Crippen molar-refractivity contribution in [1.29, 1.82) is 0 Å². The molecule has 1 atom stereocenters. The summed E-state index contributed by atoms with van der Waals surface area (Å²) in [6.07, 6.45) is 1.28. The highest BCUT2D eigenvalue weighted by atomic mass is 16.1. The minimum absolute atomic E-state index is 0.0347. The molecule has 0 aliphatic rings. The zero-order chi connectivity index (χ0) is 12.2. The van der Waals surface area contributed by atoms with E-state index in [1.165, 1.54) is 0 Å². The molecular formula is C14H21NO. The molecule has 88 valence electrons. The second-order valence-corrected chi connectivity index (χ2v) is 5.23. The van der Waals surface area contributed by atoms with Gasteiger partial charge in [-0.25, -0.2) is 0 Å². The van der Waals surface area contributed by atoms with Gasteiger partial charge in [-0.3, -0.25) is 4.79 Å². The Bertz CT molecular complexity index is 338. The van der Waals surface area contributed by atoms with Crippen LogP contribution in [0.2, 0.25) is 0 Å². The lowest BCUT2D eigenvalue weighted by Crippen LogP contribution is -2.22.